The number of likely N-dealkylation sites (tertiary alicyclic amines) is 1. The highest BCUT2D eigenvalue weighted by molar-refractivity contribution is 5.92. The minimum absolute atomic E-state index is 0.0880. The molecule has 1 aliphatic heterocycles. The molecular weight excluding hydrogens is 384 g/mol. The first-order chi connectivity index (χ1) is 14.5. The molecule has 0 spiro atoms. The van der Waals surface area contributed by atoms with Gasteiger partial charge in [-0.1, -0.05) is 30.3 Å². The minimum Gasteiger partial charge on any atom is -0.495 e. The number of nitrogens with zero attached hydrogens (tertiary/aromatic N) is 3. The maximum atomic E-state index is 12.4. The van der Waals surface area contributed by atoms with Crippen LogP contribution in [0.5, 0.6) is 5.75 Å². The first-order valence-electron chi connectivity index (χ1n) is 10.0. The number of hydrogen-bond acceptors (Lipinski definition) is 6. The summed E-state index contributed by atoms with van der Waals surface area (Å²) < 4.78 is 5.19. The summed E-state index contributed by atoms with van der Waals surface area (Å²) >= 11 is 0. The number of nitrogens with one attached hydrogen (secondary N) is 1. The van der Waals surface area contributed by atoms with Crippen molar-refractivity contribution in [3.63, 3.8) is 0 Å². The Hall–Kier alpha value is -2.97. The summed E-state index contributed by atoms with van der Waals surface area (Å²) in [6.45, 7) is 3.44. The molecule has 1 fully saturated rings. The standard InChI is InChI=1S/C22H28N4O4/c1-24(15-17-6-4-3-5-7-17)19-10-12-25(16-19)13-11-22(27)23-20-14-18(26(28)29)8-9-21(20)30-2/h3-9,14,19H,10-13,15-16H2,1-2H3,(H,23,27)/t19-/m0/s1. The Morgan fingerprint density at radius 2 is 2.07 bits per heavy atom. The van der Waals surface area contributed by atoms with Crippen molar-refractivity contribution in [1.82, 2.24) is 9.80 Å². The molecule has 3 rings (SSSR count). The van der Waals surface area contributed by atoms with E-state index in [2.05, 4.69) is 46.4 Å². The summed E-state index contributed by atoms with van der Waals surface area (Å²) in [4.78, 5) is 27.5. The van der Waals surface area contributed by atoms with Crippen LogP contribution in [0.1, 0.15) is 18.4 Å². The van der Waals surface area contributed by atoms with E-state index in [4.69, 9.17) is 4.74 Å². The Labute approximate surface area is 176 Å². The Bertz CT molecular complexity index is 875. The van der Waals surface area contributed by atoms with Gasteiger partial charge in [0.25, 0.3) is 5.69 Å². The van der Waals surface area contributed by atoms with Gasteiger partial charge in [-0.25, -0.2) is 0 Å². The number of carbonyl (C=O) groups excluding carboxylic acids is 1. The molecule has 8 heteroatoms. The molecular formula is C22H28N4O4. The maximum Gasteiger partial charge on any atom is 0.271 e. The van der Waals surface area contributed by atoms with E-state index in [1.165, 1.54) is 30.9 Å². The number of anilines is 1. The summed E-state index contributed by atoms with van der Waals surface area (Å²) in [5.74, 6) is 0.215. The molecule has 1 saturated heterocycles. The number of nitro benzene ring substituents is 1. The lowest BCUT2D eigenvalue weighted by molar-refractivity contribution is -0.384. The van der Waals surface area contributed by atoms with Gasteiger partial charge in [0.05, 0.1) is 17.7 Å². The topological polar surface area (TPSA) is 87.9 Å². The highest BCUT2D eigenvalue weighted by atomic mass is 16.6. The van der Waals surface area contributed by atoms with E-state index in [1.54, 1.807) is 0 Å². The monoisotopic (exact) mass is 412 g/mol. The number of nitro groups is 1. The normalized spacial score (nSPS) is 16.6. The third kappa shape index (κ3) is 5.77. The largest absolute Gasteiger partial charge is 0.495 e. The molecule has 8 nitrogen and oxygen atoms in total. The summed E-state index contributed by atoms with van der Waals surface area (Å²) in [6.07, 6.45) is 1.39. The molecule has 1 heterocycles. The van der Waals surface area contributed by atoms with Gasteiger partial charge in [0, 0.05) is 44.2 Å². The highest BCUT2D eigenvalue weighted by Gasteiger charge is 2.26. The van der Waals surface area contributed by atoms with Crippen molar-refractivity contribution in [2.75, 3.05) is 39.1 Å². The van der Waals surface area contributed by atoms with Gasteiger partial charge in [0.1, 0.15) is 5.75 Å². The van der Waals surface area contributed by atoms with Crippen LogP contribution in [-0.2, 0) is 11.3 Å². The van der Waals surface area contributed by atoms with Crippen molar-refractivity contribution >= 4 is 17.3 Å². The van der Waals surface area contributed by atoms with Crippen molar-refractivity contribution in [3.05, 3.63) is 64.2 Å². The van der Waals surface area contributed by atoms with Gasteiger partial charge in [-0.2, -0.15) is 0 Å². The fourth-order valence-electron chi connectivity index (χ4n) is 3.76. The Balaban J connectivity index is 1.48. The fraction of sp³-hybridized carbons (Fsp3) is 0.409. The zero-order valence-electron chi connectivity index (χ0n) is 17.4. The second kappa shape index (κ2) is 10.2. The summed E-state index contributed by atoms with van der Waals surface area (Å²) in [5, 5.41) is 13.7. The molecule has 160 valence electrons. The van der Waals surface area contributed by atoms with Crippen LogP contribution in [0.15, 0.2) is 48.5 Å². The lowest BCUT2D eigenvalue weighted by atomic mass is 10.1. The van der Waals surface area contributed by atoms with Gasteiger partial charge in [0.15, 0.2) is 0 Å². The predicted octanol–water partition coefficient (Wildman–Crippen LogP) is 3.14. The lowest BCUT2D eigenvalue weighted by Gasteiger charge is -2.24. The molecule has 2 aromatic carbocycles. The number of benzene rings is 2. The van der Waals surface area contributed by atoms with Crippen LogP contribution in [0.4, 0.5) is 11.4 Å². The predicted molar refractivity (Wildman–Crippen MR) is 116 cm³/mol. The third-order valence-electron chi connectivity index (χ3n) is 5.47. The van der Waals surface area contributed by atoms with E-state index in [1.807, 2.05) is 6.07 Å². The second-order valence-corrected chi connectivity index (χ2v) is 7.58. The quantitative estimate of drug-likeness (QED) is 0.503. The molecule has 1 aliphatic rings. The maximum absolute atomic E-state index is 12.4. The van der Waals surface area contributed by atoms with Crippen molar-refractivity contribution in [2.45, 2.75) is 25.4 Å². The molecule has 0 saturated carbocycles. The molecule has 0 radical (unpaired) electrons. The zero-order chi connectivity index (χ0) is 21.5. The number of non-ortho nitro benzene ring substituents is 1. The van der Waals surface area contributed by atoms with Crippen LogP contribution in [0.3, 0.4) is 0 Å². The van der Waals surface area contributed by atoms with Crippen LogP contribution in [0.2, 0.25) is 0 Å². The van der Waals surface area contributed by atoms with Crippen molar-refractivity contribution in [1.29, 1.82) is 0 Å². The van der Waals surface area contributed by atoms with Crippen LogP contribution >= 0.6 is 0 Å². The highest BCUT2D eigenvalue weighted by Crippen LogP contribution is 2.29. The van der Waals surface area contributed by atoms with E-state index in [0.717, 1.165) is 26.1 Å². The van der Waals surface area contributed by atoms with Crippen LogP contribution in [-0.4, -0.2) is 60.5 Å². The van der Waals surface area contributed by atoms with Gasteiger partial charge < -0.3 is 15.0 Å². The minimum atomic E-state index is -0.495. The van der Waals surface area contributed by atoms with E-state index >= 15 is 0 Å². The van der Waals surface area contributed by atoms with E-state index in [9.17, 15) is 14.9 Å². The summed E-state index contributed by atoms with van der Waals surface area (Å²) in [6, 6.07) is 15.0. The van der Waals surface area contributed by atoms with Gasteiger partial charge in [-0.3, -0.25) is 19.8 Å². The number of hydrogen-bond donors (Lipinski definition) is 1. The smallest absolute Gasteiger partial charge is 0.271 e. The van der Waals surface area contributed by atoms with Gasteiger partial charge >= 0.3 is 0 Å². The van der Waals surface area contributed by atoms with Crippen molar-refractivity contribution in [3.8, 4) is 5.75 Å². The average Bonchev–Trinajstić information content (AvgIpc) is 3.22. The fourth-order valence-corrected chi connectivity index (χ4v) is 3.76. The molecule has 0 aromatic heterocycles. The van der Waals surface area contributed by atoms with E-state index in [0.29, 0.717) is 30.4 Å². The molecule has 0 aliphatic carbocycles. The zero-order valence-corrected chi connectivity index (χ0v) is 17.4. The number of ether oxygens (including phenoxy) is 1. The lowest BCUT2D eigenvalue weighted by Crippen LogP contribution is -2.34. The first kappa shape index (κ1) is 21.7. The molecule has 1 atom stereocenters. The average molecular weight is 412 g/mol. The second-order valence-electron chi connectivity index (χ2n) is 7.58. The molecule has 2 aromatic rings. The van der Waals surface area contributed by atoms with Gasteiger partial charge in [-0.05, 0) is 31.6 Å². The Morgan fingerprint density at radius 3 is 2.77 bits per heavy atom. The van der Waals surface area contributed by atoms with Crippen LogP contribution in [0, 0.1) is 10.1 Å². The number of amides is 1. The van der Waals surface area contributed by atoms with E-state index in [-0.39, 0.29) is 11.6 Å². The third-order valence-corrected chi connectivity index (χ3v) is 5.47. The number of methoxy groups -OCH3 is 1. The molecule has 0 bridgehead atoms. The SMILES string of the molecule is COc1ccc([N+](=O)[O-])cc1NC(=O)CCN1CC[C@H](N(C)Cc2ccccc2)C1. The summed E-state index contributed by atoms with van der Waals surface area (Å²) in [5.41, 5.74) is 1.53. The first-order valence-corrected chi connectivity index (χ1v) is 10.0. The van der Waals surface area contributed by atoms with Crippen LogP contribution in [0.25, 0.3) is 0 Å². The molecule has 1 amide bonds. The molecule has 30 heavy (non-hydrogen) atoms. The molecule has 0 unspecified atom stereocenters. The number of likely N-dealkylation sites (N-methyl/N-ethyl adjacent to an activating group) is 1. The van der Waals surface area contributed by atoms with Crippen molar-refractivity contribution < 1.29 is 14.5 Å². The Kier molecular flexibility index (Phi) is 7.37. The van der Waals surface area contributed by atoms with Crippen LogP contribution < -0.4 is 10.1 Å². The van der Waals surface area contributed by atoms with E-state index < -0.39 is 4.92 Å². The number of rotatable bonds is 9. The number of carbonyl (C=O) groups is 1. The van der Waals surface area contributed by atoms with Gasteiger partial charge in [-0.15, -0.1) is 0 Å². The van der Waals surface area contributed by atoms with Crippen molar-refractivity contribution in [2.24, 2.45) is 0 Å². The Morgan fingerprint density at radius 1 is 1.30 bits per heavy atom. The molecule has 1 N–H and O–H groups in total. The summed E-state index contributed by atoms with van der Waals surface area (Å²) in [7, 11) is 3.61. The van der Waals surface area contributed by atoms with Gasteiger partial charge in [0.2, 0.25) is 5.91 Å².